The Morgan fingerprint density at radius 2 is 1.72 bits per heavy atom. The molecular formula is C20H25N3O2. The average Bonchev–Trinajstić information content (AvgIpc) is 2.62. The standard InChI is InChI=1S/C20H25N3O2/c1-14-7-5-6-8-18(14)16-9-11-17(12-10-16)22-20(25)23(4)15(2)13-19(24)21-3/h5-12,15H,13H2,1-4H3,(H,21,24)(H,22,25)/t15-/m0/s1. The number of aryl methyl sites for hydroxylation is 1. The lowest BCUT2D eigenvalue weighted by atomic mass is 10.0. The van der Waals surface area contributed by atoms with E-state index in [4.69, 9.17) is 0 Å². The Kier molecular flexibility index (Phi) is 6.17. The third kappa shape index (κ3) is 4.83. The molecule has 2 N–H and O–H groups in total. The summed E-state index contributed by atoms with van der Waals surface area (Å²) in [5, 5.41) is 5.43. The largest absolute Gasteiger partial charge is 0.359 e. The van der Waals surface area contributed by atoms with Crippen LogP contribution in [0.25, 0.3) is 11.1 Å². The van der Waals surface area contributed by atoms with Crippen LogP contribution in [0.3, 0.4) is 0 Å². The lowest BCUT2D eigenvalue weighted by Gasteiger charge is -2.24. The molecule has 5 heteroatoms. The van der Waals surface area contributed by atoms with Crippen LogP contribution in [0.15, 0.2) is 48.5 Å². The van der Waals surface area contributed by atoms with Crippen molar-refractivity contribution in [2.75, 3.05) is 19.4 Å². The monoisotopic (exact) mass is 339 g/mol. The minimum Gasteiger partial charge on any atom is -0.359 e. The molecule has 25 heavy (non-hydrogen) atoms. The summed E-state index contributed by atoms with van der Waals surface area (Å²) in [6, 6.07) is 15.5. The van der Waals surface area contributed by atoms with Crippen molar-refractivity contribution in [1.29, 1.82) is 0 Å². The fourth-order valence-corrected chi connectivity index (χ4v) is 2.55. The molecule has 2 aromatic carbocycles. The van der Waals surface area contributed by atoms with Gasteiger partial charge in [0.25, 0.3) is 0 Å². The van der Waals surface area contributed by atoms with Crippen molar-refractivity contribution in [2.24, 2.45) is 0 Å². The number of carbonyl (C=O) groups is 2. The highest BCUT2D eigenvalue weighted by atomic mass is 16.2. The number of hydrogen-bond acceptors (Lipinski definition) is 2. The Morgan fingerprint density at radius 1 is 1.08 bits per heavy atom. The maximum atomic E-state index is 12.3. The van der Waals surface area contributed by atoms with Gasteiger partial charge in [-0.15, -0.1) is 0 Å². The molecule has 5 nitrogen and oxygen atoms in total. The number of nitrogens with zero attached hydrogens (tertiary/aromatic N) is 1. The fourth-order valence-electron chi connectivity index (χ4n) is 2.55. The first-order valence-corrected chi connectivity index (χ1v) is 8.33. The third-order valence-corrected chi connectivity index (χ3v) is 4.33. The molecule has 2 rings (SSSR count). The first-order valence-electron chi connectivity index (χ1n) is 8.33. The molecule has 0 fully saturated rings. The third-order valence-electron chi connectivity index (χ3n) is 4.33. The summed E-state index contributed by atoms with van der Waals surface area (Å²) in [6.07, 6.45) is 0.270. The first-order chi connectivity index (χ1) is 11.9. The number of nitrogens with one attached hydrogen (secondary N) is 2. The Labute approximate surface area is 149 Å². The number of urea groups is 1. The Bertz CT molecular complexity index is 741. The number of anilines is 1. The normalized spacial score (nSPS) is 11.5. The van der Waals surface area contributed by atoms with Crippen molar-refractivity contribution in [3.8, 4) is 11.1 Å². The molecule has 0 aromatic heterocycles. The molecule has 0 unspecified atom stereocenters. The van der Waals surface area contributed by atoms with Gasteiger partial charge in [-0.2, -0.15) is 0 Å². The van der Waals surface area contributed by atoms with Gasteiger partial charge < -0.3 is 15.5 Å². The molecule has 0 heterocycles. The molecule has 0 aliphatic heterocycles. The SMILES string of the molecule is CNC(=O)C[C@H](C)N(C)C(=O)Nc1ccc(-c2ccccc2C)cc1. The summed E-state index contributed by atoms with van der Waals surface area (Å²) >= 11 is 0. The number of hydrogen-bond donors (Lipinski definition) is 2. The average molecular weight is 339 g/mol. The van der Waals surface area contributed by atoms with Gasteiger partial charge in [0.2, 0.25) is 5.91 Å². The van der Waals surface area contributed by atoms with E-state index in [1.165, 1.54) is 16.0 Å². The summed E-state index contributed by atoms with van der Waals surface area (Å²) < 4.78 is 0. The maximum absolute atomic E-state index is 12.3. The van der Waals surface area contributed by atoms with Gasteiger partial charge in [0, 0.05) is 32.2 Å². The summed E-state index contributed by atoms with van der Waals surface area (Å²) in [5.74, 6) is -0.0882. The summed E-state index contributed by atoms with van der Waals surface area (Å²) in [6.45, 7) is 3.92. The van der Waals surface area contributed by atoms with Crippen LogP contribution in [-0.2, 0) is 4.79 Å². The van der Waals surface area contributed by atoms with Crippen LogP contribution in [0, 0.1) is 6.92 Å². The van der Waals surface area contributed by atoms with Crippen molar-refractivity contribution >= 4 is 17.6 Å². The van der Waals surface area contributed by atoms with Crippen molar-refractivity contribution in [3.63, 3.8) is 0 Å². The minimum absolute atomic E-state index is 0.0882. The van der Waals surface area contributed by atoms with Gasteiger partial charge in [-0.1, -0.05) is 36.4 Å². The zero-order valence-corrected chi connectivity index (χ0v) is 15.2. The van der Waals surface area contributed by atoms with Gasteiger partial charge in [-0.25, -0.2) is 4.79 Å². The van der Waals surface area contributed by atoms with Gasteiger partial charge in [0.1, 0.15) is 0 Å². The van der Waals surface area contributed by atoms with Crippen LogP contribution >= 0.6 is 0 Å². The predicted molar refractivity (Wildman–Crippen MR) is 102 cm³/mol. The highest BCUT2D eigenvalue weighted by Gasteiger charge is 2.18. The van der Waals surface area contributed by atoms with Crippen LogP contribution in [0.1, 0.15) is 18.9 Å². The number of amides is 3. The highest BCUT2D eigenvalue weighted by Crippen LogP contribution is 2.24. The molecule has 0 spiro atoms. The van der Waals surface area contributed by atoms with E-state index in [-0.39, 0.29) is 24.4 Å². The van der Waals surface area contributed by atoms with Crippen LogP contribution in [0.2, 0.25) is 0 Å². The van der Waals surface area contributed by atoms with E-state index in [9.17, 15) is 9.59 Å². The van der Waals surface area contributed by atoms with E-state index in [1.54, 1.807) is 14.1 Å². The lowest BCUT2D eigenvalue weighted by molar-refractivity contribution is -0.121. The molecule has 0 aliphatic carbocycles. The Balaban J connectivity index is 2.02. The molecule has 0 saturated heterocycles. The Morgan fingerprint density at radius 3 is 2.32 bits per heavy atom. The second kappa shape index (κ2) is 8.33. The molecule has 3 amide bonds. The van der Waals surface area contributed by atoms with E-state index in [2.05, 4.69) is 29.7 Å². The van der Waals surface area contributed by atoms with E-state index in [0.717, 1.165) is 11.3 Å². The topological polar surface area (TPSA) is 61.4 Å². The highest BCUT2D eigenvalue weighted by molar-refractivity contribution is 5.90. The number of carbonyl (C=O) groups excluding carboxylic acids is 2. The second-order valence-corrected chi connectivity index (χ2v) is 6.16. The molecule has 1 atom stereocenters. The van der Waals surface area contributed by atoms with Crippen LogP contribution in [-0.4, -0.2) is 37.0 Å². The number of benzene rings is 2. The minimum atomic E-state index is -0.236. The predicted octanol–water partition coefficient (Wildman–Crippen LogP) is 3.65. The smallest absolute Gasteiger partial charge is 0.321 e. The summed E-state index contributed by atoms with van der Waals surface area (Å²) in [5.41, 5.74) is 4.22. The zero-order chi connectivity index (χ0) is 18.4. The van der Waals surface area contributed by atoms with Crippen molar-refractivity contribution in [1.82, 2.24) is 10.2 Å². The van der Waals surface area contributed by atoms with Crippen LogP contribution in [0.5, 0.6) is 0 Å². The van der Waals surface area contributed by atoms with Crippen molar-refractivity contribution in [3.05, 3.63) is 54.1 Å². The van der Waals surface area contributed by atoms with Gasteiger partial charge >= 0.3 is 6.03 Å². The maximum Gasteiger partial charge on any atom is 0.321 e. The van der Waals surface area contributed by atoms with Crippen molar-refractivity contribution < 1.29 is 9.59 Å². The van der Waals surface area contributed by atoms with Gasteiger partial charge in [-0.05, 0) is 42.7 Å². The van der Waals surface area contributed by atoms with E-state index in [0.29, 0.717) is 0 Å². The quantitative estimate of drug-likeness (QED) is 0.873. The number of rotatable bonds is 5. The van der Waals surface area contributed by atoms with Crippen LogP contribution in [0.4, 0.5) is 10.5 Å². The second-order valence-electron chi connectivity index (χ2n) is 6.16. The fraction of sp³-hybridized carbons (Fsp3) is 0.300. The molecule has 132 valence electrons. The lowest BCUT2D eigenvalue weighted by Crippen LogP contribution is -2.40. The molecule has 0 bridgehead atoms. The van der Waals surface area contributed by atoms with Gasteiger partial charge in [0.15, 0.2) is 0 Å². The summed E-state index contributed by atoms with van der Waals surface area (Å²) in [4.78, 5) is 25.3. The molecular weight excluding hydrogens is 314 g/mol. The molecule has 0 saturated carbocycles. The van der Waals surface area contributed by atoms with Crippen molar-refractivity contribution in [2.45, 2.75) is 26.3 Å². The molecule has 2 aromatic rings. The Hall–Kier alpha value is -2.82. The van der Waals surface area contributed by atoms with E-state index in [1.807, 2.05) is 43.3 Å². The van der Waals surface area contributed by atoms with E-state index >= 15 is 0 Å². The van der Waals surface area contributed by atoms with Crippen LogP contribution < -0.4 is 10.6 Å². The van der Waals surface area contributed by atoms with E-state index < -0.39 is 0 Å². The molecule has 0 radical (unpaired) electrons. The molecule has 0 aliphatic rings. The summed E-state index contributed by atoms with van der Waals surface area (Å²) in [7, 11) is 3.27. The van der Waals surface area contributed by atoms with Gasteiger partial charge in [0.05, 0.1) is 0 Å². The zero-order valence-electron chi connectivity index (χ0n) is 15.2. The van der Waals surface area contributed by atoms with Gasteiger partial charge in [-0.3, -0.25) is 4.79 Å². The first kappa shape index (κ1) is 18.5.